The minimum absolute atomic E-state index is 0.109. The number of hydrogen-bond donors (Lipinski definition) is 1. The first-order valence-corrected chi connectivity index (χ1v) is 12.2. The van der Waals surface area contributed by atoms with E-state index in [4.69, 9.17) is 14.5 Å². The topological polar surface area (TPSA) is 168 Å². The van der Waals surface area contributed by atoms with Crippen molar-refractivity contribution in [2.24, 2.45) is 23.7 Å². The van der Waals surface area contributed by atoms with Gasteiger partial charge in [0.2, 0.25) is 12.1 Å². The molecule has 8 atom stereocenters. The van der Waals surface area contributed by atoms with Crippen LogP contribution in [0.2, 0.25) is 0 Å². The van der Waals surface area contributed by atoms with Crippen LogP contribution in [0.5, 0.6) is 0 Å². The molecule has 8 unspecified atom stereocenters. The van der Waals surface area contributed by atoms with E-state index in [-0.39, 0.29) is 54.9 Å². The Bertz CT molecular complexity index is 734. The van der Waals surface area contributed by atoms with Crippen LogP contribution in [0.4, 0.5) is 0 Å². The molecule has 0 bridgehead atoms. The molecule has 12 heteroatoms. The number of rotatable bonds is 10. The number of hydrogen-bond acceptors (Lipinski definition) is 10. The van der Waals surface area contributed by atoms with Crippen LogP contribution in [0, 0.1) is 43.9 Å². The van der Waals surface area contributed by atoms with Gasteiger partial charge < -0.3 is 14.6 Å². The molecular weight excluding hydrogens is 452 g/mol. The minimum Gasteiger partial charge on any atom is -0.462 e. The number of aliphatic hydroxyl groups is 1. The molecule has 3 aliphatic carbocycles. The zero-order valence-corrected chi connectivity index (χ0v) is 19.2. The van der Waals surface area contributed by atoms with E-state index in [1.54, 1.807) is 0 Å². The molecule has 34 heavy (non-hydrogen) atoms. The van der Waals surface area contributed by atoms with Crippen LogP contribution in [0.25, 0.3) is 0 Å². The molecule has 3 saturated carbocycles. The molecule has 192 valence electrons. The monoisotopic (exact) mass is 486 g/mol. The third-order valence-electron chi connectivity index (χ3n) is 7.64. The van der Waals surface area contributed by atoms with Gasteiger partial charge in [-0.3, -0.25) is 25.0 Å². The van der Waals surface area contributed by atoms with Crippen molar-refractivity contribution in [3.63, 3.8) is 0 Å². The molecule has 0 aromatic heterocycles. The average molecular weight is 487 g/mol. The van der Waals surface area contributed by atoms with E-state index in [9.17, 15) is 34.9 Å². The van der Waals surface area contributed by atoms with Crippen LogP contribution in [-0.4, -0.2) is 64.7 Å². The van der Waals surface area contributed by atoms with Crippen molar-refractivity contribution in [2.75, 3.05) is 13.2 Å². The van der Waals surface area contributed by atoms with Crippen LogP contribution in [0.1, 0.15) is 64.2 Å². The highest BCUT2D eigenvalue weighted by Crippen LogP contribution is 2.35. The summed E-state index contributed by atoms with van der Waals surface area (Å²) in [5.74, 6) is -2.09. The second-order valence-corrected chi connectivity index (χ2v) is 9.79. The largest absolute Gasteiger partial charge is 0.462 e. The number of esters is 1. The fourth-order valence-electron chi connectivity index (χ4n) is 5.62. The van der Waals surface area contributed by atoms with Crippen molar-refractivity contribution < 1.29 is 39.1 Å². The molecule has 12 nitrogen and oxygen atoms in total. The number of nitro groups is 2. The van der Waals surface area contributed by atoms with Gasteiger partial charge in [-0.2, -0.15) is 0 Å². The van der Waals surface area contributed by atoms with Crippen LogP contribution in [0.15, 0.2) is 0 Å². The fourth-order valence-corrected chi connectivity index (χ4v) is 5.62. The summed E-state index contributed by atoms with van der Waals surface area (Å²) in [5, 5.41) is 31.7. The van der Waals surface area contributed by atoms with E-state index in [2.05, 4.69) is 0 Å². The summed E-state index contributed by atoms with van der Waals surface area (Å²) in [6, 6.07) is -1.70. The number of carbonyl (C=O) groups excluding carboxylic acids is 2. The maximum Gasteiger partial charge on any atom is 0.309 e. The summed E-state index contributed by atoms with van der Waals surface area (Å²) in [5.41, 5.74) is 0. The summed E-state index contributed by atoms with van der Waals surface area (Å²) in [6.07, 6.45) is 4.80. The Balaban J connectivity index is 1.47. The minimum atomic E-state index is -0.925. The van der Waals surface area contributed by atoms with Crippen molar-refractivity contribution in [1.29, 1.82) is 0 Å². The molecule has 3 fully saturated rings. The first kappa shape index (κ1) is 26.4. The summed E-state index contributed by atoms with van der Waals surface area (Å²) in [7, 11) is 0. The lowest BCUT2D eigenvalue weighted by molar-refractivity contribution is -0.539. The van der Waals surface area contributed by atoms with Gasteiger partial charge in [-0.1, -0.05) is 12.8 Å². The quantitative estimate of drug-likeness (QED) is 0.159. The molecule has 0 spiro atoms. The van der Waals surface area contributed by atoms with Crippen molar-refractivity contribution in [1.82, 2.24) is 0 Å². The molecule has 3 aliphatic rings. The summed E-state index contributed by atoms with van der Waals surface area (Å²) in [4.78, 5) is 56.6. The molecule has 3 rings (SSSR count). The molecule has 0 aromatic rings. The highest BCUT2D eigenvalue weighted by molar-refractivity contribution is 5.73. The standard InChI is InChI=1S/C22H34N2O10/c25-11-15-9-17(5-7-20(15)23(28)29)33-22(27)19-4-2-1-3-14(19)13-32-34-18-6-8-21(24(30)31)16(10-18)12-26/h11,14-21,26H,1-10,12-13H2. The van der Waals surface area contributed by atoms with Gasteiger partial charge in [0, 0.05) is 29.1 Å². The molecular formula is C22H34N2O10. The van der Waals surface area contributed by atoms with Gasteiger partial charge in [0.1, 0.15) is 12.4 Å². The highest BCUT2D eigenvalue weighted by atomic mass is 17.2. The van der Waals surface area contributed by atoms with Gasteiger partial charge in [0.05, 0.1) is 37.1 Å². The lowest BCUT2D eigenvalue weighted by Crippen LogP contribution is -2.41. The van der Waals surface area contributed by atoms with Crippen LogP contribution < -0.4 is 0 Å². The first-order valence-electron chi connectivity index (χ1n) is 12.2. The van der Waals surface area contributed by atoms with Crippen LogP contribution in [-0.2, 0) is 24.1 Å². The lowest BCUT2D eigenvalue weighted by Gasteiger charge is -2.33. The van der Waals surface area contributed by atoms with E-state index in [0.29, 0.717) is 38.4 Å². The fraction of sp³-hybridized carbons (Fsp3) is 0.909. The van der Waals surface area contributed by atoms with Crippen molar-refractivity contribution in [3.05, 3.63) is 20.2 Å². The van der Waals surface area contributed by atoms with Gasteiger partial charge in [-0.15, -0.1) is 0 Å². The highest BCUT2D eigenvalue weighted by Gasteiger charge is 2.42. The Kier molecular flexibility index (Phi) is 9.72. The molecule has 0 aromatic carbocycles. The van der Waals surface area contributed by atoms with Crippen molar-refractivity contribution >= 4 is 12.3 Å². The Hall–Kier alpha value is -2.18. The van der Waals surface area contributed by atoms with Gasteiger partial charge in [0.15, 0.2) is 0 Å². The number of aliphatic hydroxyl groups excluding tert-OH is 1. The maximum absolute atomic E-state index is 12.9. The van der Waals surface area contributed by atoms with Gasteiger partial charge in [-0.25, -0.2) is 9.78 Å². The van der Waals surface area contributed by atoms with Gasteiger partial charge in [0.25, 0.3) is 0 Å². The molecule has 0 saturated heterocycles. The van der Waals surface area contributed by atoms with E-state index >= 15 is 0 Å². The summed E-state index contributed by atoms with van der Waals surface area (Å²) >= 11 is 0. The van der Waals surface area contributed by atoms with Gasteiger partial charge >= 0.3 is 5.97 Å². The normalized spacial score (nSPS) is 36.4. The van der Waals surface area contributed by atoms with Crippen molar-refractivity contribution in [3.8, 4) is 0 Å². The number of carbonyl (C=O) groups is 2. The Morgan fingerprint density at radius 3 is 2.26 bits per heavy atom. The molecule has 0 aliphatic heterocycles. The lowest BCUT2D eigenvalue weighted by atomic mass is 9.79. The third kappa shape index (κ3) is 6.70. The van der Waals surface area contributed by atoms with Gasteiger partial charge in [-0.05, 0) is 38.0 Å². The Labute approximate surface area is 197 Å². The SMILES string of the molecule is O=CC1CC(OC(=O)C2CCCCC2COOC2CCC([N+](=O)[O-])C(CO)C2)CCC1[N+](=O)[O-]. The average Bonchev–Trinajstić information content (AvgIpc) is 2.83. The maximum atomic E-state index is 12.9. The molecule has 0 heterocycles. The second kappa shape index (κ2) is 12.5. The second-order valence-electron chi connectivity index (χ2n) is 9.79. The van der Waals surface area contributed by atoms with E-state index in [0.717, 1.165) is 19.3 Å². The summed E-state index contributed by atoms with van der Waals surface area (Å²) in [6.45, 7) is -0.0969. The first-order chi connectivity index (χ1) is 16.3. The number of ether oxygens (including phenoxy) is 1. The Morgan fingerprint density at radius 2 is 1.59 bits per heavy atom. The molecule has 0 amide bonds. The predicted molar refractivity (Wildman–Crippen MR) is 116 cm³/mol. The van der Waals surface area contributed by atoms with E-state index in [1.165, 1.54) is 0 Å². The smallest absolute Gasteiger partial charge is 0.309 e. The summed E-state index contributed by atoms with van der Waals surface area (Å²) < 4.78 is 5.67. The zero-order chi connectivity index (χ0) is 24.7. The van der Waals surface area contributed by atoms with Crippen LogP contribution >= 0.6 is 0 Å². The Morgan fingerprint density at radius 1 is 0.912 bits per heavy atom. The van der Waals surface area contributed by atoms with E-state index < -0.39 is 34.9 Å². The van der Waals surface area contributed by atoms with Crippen molar-refractivity contribution in [2.45, 2.75) is 88.5 Å². The molecule has 1 N–H and O–H groups in total. The molecule has 0 radical (unpaired) electrons. The number of aldehydes is 1. The number of nitrogens with zero attached hydrogens (tertiary/aromatic N) is 2. The van der Waals surface area contributed by atoms with E-state index in [1.807, 2.05) is 0 Å². The third-order valence-corrected chi connectivity index (χ3v) is 7.64. The van der Waals surface area contributed by atoms with Crippen LogP contribution in [0.3, 0.4) is 0 Å². The predicted octanol–water partition coefficient (Wildman–Crippen LogP) is 2.10. The zero-order valence-electron chi connectivity index (χ0n) is 19.2.